The molecule has 0 radical (unpaired) electrons. The lowest BCUT2D eigenvalue weighted by molar-refractivity contribution is 0.251. The standard InChI is InChI=1S/C16H19N3O/c1-11-6-4-9-15(13(11)3)19-16(20)17-10-14-8-5-7-12(2)18-14/h4-9H,10H2,1-3H3,(H2,17,19,20). The van der Waals surface area contributed by atoms with Crippen LogP contribution in [0.2, 0.25) is 0 Å². The molecule has 0 saturated carbocycles. The molecule has 0 fully saturated rings. The van der Waals surface area contributed by atoms with Crippen molar-refractivity contribution in [3.63, 3.8) is 0 Å². The molecule has 2 amide bonds. The Morgan fingerprint density at radius 1 is 1.10 bits per heavy atom. The van der Waals surface area contributed by atoms with Gasteiger partial charge in [0.15, 0.2) is 0 Å². The van der Waals surface area contributed by atoms with E-state index < -0.39 is 0 Å². The van der Waals surface area contributed by atoms with Crippen LogP contribution in [0.15, 0.2) is 36.4 Å². The van der Waals surface area contributed by atoms with Gasteiger partial charge in [-0.25, -0.2) is 4.79 Å². The van der Waals surface area contributed by atoms with Gasteiger partial charge in [0, 0.05) is 11.4 Å². The Morgan fingerprint density at radius 2 is 1.85 bits per heavy atom. The number of pyridine rings is 1. The summed E-state index contributed by atoms with van der Waals surface area (Å²) in [6, 6.07) is 11.4. The van der Waals surface area contributed by atoms with Gasteiger partial charge in [0.25, 0.3) is 0 Å². The van der Waals surface area contributed by atoms with Gasteiger partial charge in [0.2, 0.25) is 0 Å². The van der Waals surface area contributed by atoms with Crippen molar-refractivity contribution >= 4 is 11.7 Å². The number of nitrogens with one attached hydrogen (secondary N) is 2. The number of carbonyl (C=O) groups is 1. The number of rotatable bonds is 3. The number of anilines is 1. The summed E-state index contributed by atoms with van der Waals surface area (Å²) < 4.78 is 0. The van der Waals surface area contributed by atoms with Crippen LogP contribution in [-0.2, 0) is 6.54 Å². The predicted octanol–water partition coefficient (Wildman–Crippen LogP) is 3.33. The zero-order valence-electron chi connectivity index (χ0n) is 12.0. The maximum absolute atomic E-state index is 11.9. The zero-order valence-corrected chi connectivity index (χ0v) is 12.0. The molecule has 0 saturated heterocycles. The van der Waals surface area contributed by atoms with Crippen LogP contribution in [0.4, 0.5) is 10.5 Å². The molecule has 0 spiro atoms. The number of amides is 2. The number of aryl methyl sites for hydroxylation is 2. The van der Waals surface area contributed by atoms with Crippen LogP contribution in [0.1, 0.15) is 22.5 Å². The van der Waals surface area contributed by atoms with Crippen molar-refractivity contribution in [2.24, 2.45) is 0 Å². The van der Waals surface area contributed by atoms with Gasteiger partial charge in [0.1, 0.15) is 0 Å². The second-order valence-electron chi connectivity index (χ2n) is 4.83. The minimum Gasteiger partial charge on any atom is -0.332 e. The first-order chi connectivity index (χ1) is 9.56. The van der Waals surface area contributed by atoms with Crippen LogP contribution >= 0.6 is 0 Å². The van der Waals surface area contributed by atoms with Gasteiger partial charge < -0.3 is 10.6 Å². The Bertz CT molecular complexity index is 623. The highest BCUT2D eigenvalue weighted by atomic mass is 16.2. The second-order valence-corrected chi connectivity index (χ2v) is 4.83. The van der Waals surface area contributed by atoms with E-state index in [-0.39, 0.29) is 6.03 Å². The molecule has 1 aromatic heterocycles. The van der Waals surface area contributed by atoms with Crippen LogP contribution in [0.3, 0.4) is 0 Å². The lowest BCUT2D eigenvalue weighted by Crippen LogP contribution is -2.28. The quantitative estimate of drug-likeness (QED) is 0.898. The molecule has 104 valence electrons. The van der Waals surface area contributed by atoms with Gasteiger partial charge in [-0.1, -0.05) is 18.2 Å². The molecule has 0 atom stereocenters. The molecular weight excluding hydrogens is 250 g/mol. The van der Waals surface area contributed by atoms with E-state index in [1.807, 2.05) is 57.2 Å². The summed E-state index contributed by atoms with van der Waals surface area (Å²) in [6.07, 6.45) is 0. The summed E-state index contributed by atoms with van der Waals surface area (Å²) in [7, 11) is 0. The molecule has 2 aromatic rings. The maximum atomic E-state index is 11.9. The van der Waals surface area contributed by atoms with Crippen molar-refractivity contribution in [1.29, 1.82) is 0 Å². The van der Waals surface area contributed by atoms with Crippen LogP contribution < -0.4 is 10.6 Å². The van der Waals surface area contributed by atoms with Gasteiger partial charge in [-0.2, -0.15) is 0 Å². The molecule has 4 heteroatoms. The molecule has 0 unspecified atom stereocenters. The molecule has 20 heavy (non-hydrogen) atoms. The minimum absolute atomic E-state index is 0.220. The summed E-state index contributed by atoms with van der Waals surface area (Å²) in [5, 5.41) is 5.67. The van der Waals surface area contributed by atoms with E-state index in [1.165, 1.54) is 0 Å². The Kier molecular flexibility index (Phi) is 4.35. The van der Waals surface area contributed by atoms with Gasteiger partial charge in [-0.3, -0.25) is 4.98 Å². The van der Waals surface area contributed by atoms with Crippen LogP contribution in [0.5, 0.6) is 0 Å². The maximum Gasteiger partial charge on any atom is 0.319 e. The number of hydrogen-bond acceptors (Lipinski definition) is 2. The number of carbonyl (C=O) groups excluding carboxylic acids is 1. The highest BCUT2D eigenvalue weighted by Gasteiger charge is 2.05. The fraction of sp³-hybridized carbons (Fsp3) is 0.250. The highest BCUT2D eigenvalue weighted by molar-refractivity contribution is 5.90. The van der Waals surface area contributed by atoms with Crippen LogP contribution in [-0.4, -0.2) is 11.0 Å². The molecule has 1 heterocycles. The molecule has 2 N–H and O–H groups in total. The lowest BCUT2D eigenvalue weighted by Gasteiger charge is -2.11. The SMILES string of the molecule is Cc1cccc(CNC(=O)Nc2cccc(C)c2C)n1. The molecular formula is C16H19N3O. The third-order valence-electron chi connectivity index (χ3n) is 3.23. The van der Waals surface area contributed by atoms with Crippen molar-refractivity contribution in [3.05, 3.63) is 58.9 Å². The van der Waals surface area contributed by atoms with E-state index in [0.717, 1.165) is 28.2 Å². The van der Waals surface area contributed by atoms with Crippen molar-refractivity contribution in [3.8, 4) is 0 Å². The van der Waals surface area contributed by atoms with E-state index in [2.05, 4.69) is 15.6 Å². The first kappa shape index (κ1) is 14.1. The number of urea groups is 1. The topological polar surface area (TPSA) is 54.0 Å². The molecule has 0 aliphatic heterocycles. The lowest BCUT2D eigenvalue weighted by atomic mass is 10.1. The van der Waals surface area contributed by atoms with E-state index >= 15 is 0 Å². The average Bonchev–Trinajstić information content (AvgIpc) is 2.42. The van der Waals surface area contributed by atoms with E-state index in [1.54, 1.807) is 0 Å². The number of benzene rings is 1. The largest absolute Gasteiger partial charge is 0.332 e. The number of hydrogen-bond donors (Lipinski definition) is 2. The Hall–Kier alpha value is -2.36. The molecule has 0 aliphatic carbocycles. The van der Waals surface area contributed by atoms with Crippen molar-refractivity contribution in [2.45, 2.75) is 27.3 Å². The third-order valence-corrected chi connectivity index (χ3v) is 3.23. The normalized spacial score (nSPS) is 10.2. The fourth-order valence-electron chi connectivity index (χ4n) is 1.92. The van der Waals surface area contributed by atoms with Crippen molar-refractivity contribution in [2.75, 3.05) is 5.32 Å². The smallest absolute Gasteiger partial charge is 0.319 e. The monoisotopic (exact) mass is 269 g/mol. The second kappa shape index (κ2) is 6.19. The van der Waals surface area contributed by atoms with Crippen molar-refractivity contribution < 1.29 is 4.79 Å². The Morgan fingerprint density at radius 3 is 2.60 bits per heavy atom. The van der Waals surface area contributed by atoms with Gasteiger partial charge in [-0.15, -0.1) is 0 Å². The van der Waals surface area contributed by atoms with Crippen LogP contribution in [0.25, 0.3) is 0 Å². The van der Waals surface area contributed by atoms with Gasteiger partial charge >= 0.3 is 6.03 Å². The molecule has 2 rings (SSSR count). The molecule has 0 bridgehead atoms. The number of nitrogens with zero attached hydrogens (tertiary/aromatic N) is 1. The summed E-state index contributed by atoms with van der Waals surface area (Å²) >= 11 is 0. The average molecular weight is 269 g/mol. The van der Waals surface area contributed by atoms with E-state index in [9.17, 15) is 4.79 Å². The highest BCUT2D eigenvalue weighted by Crippen LogP contribution is 2.17. The summed E-state index contributed by atoms with van der Waals surface area (Å²) in [5.74, 6) is 0. The minimum atomic E-state index is -0.220. The number of aromatic nitrogens is 1. The van der Waals surface area contributed by atoms with Crippen molar-refractivity contribution in [1.82, 2.24) is 10.3 Å². The molecule has 0 aliphatic rings. The summed E-state index contributed by atoms with van der Waals surface area (Å²) in [6.45, 7) is 6.36. The first-order valence-corrected chi connectivity index (χ1v) is 6.60. The Balaban J connectivity index is 1.94. The Labute approximate surface area is 119 Å². The first-order valence-electron chi connectivity index (χ1n) is 6.60. The van der Waals surface area contributed by atoms with E-state index in [0.29, 0.717) is 6.54 Å². The third kappa shape index (κ3) is 3.57. The van der Waals surface area contributed by atoms with E-state index in [4.69, 9.17) is 0 Å². The summed E-state index contributed by atoms with van der Waals surface area (Å²) in [5.41, 5.74) is 4.86. The van der Waals surface area contributed by atoms with Crippen LogP contribution in [0, 0.1) is 20.8 Å². The molecule has 4 nitrogen and oxygen atoms in total. The van der Waals surface area contributed by atoms with Gasteiger partial charge in [-0.05, 0) is 50.1 Å². The summed E-state index contributed by atoms with van der Waals surface area (Å²) in [4.78, 5) is 16.2. The molecule has 1 aromatic carbocycles. The zero-order chi connectivity index (χ0) is 14.5. The fourth-order valence-corrected chi connectivity index (χ4v) is 1.92. The van der Waals surface area contributed by atoms with Gasteiger partial charge in [0.05, 0.1) is 12.2 Å². The predicted molar refractivity (Wildman–Crippen MR) is 80.7 cm³/mol.